The van der Waals surface area contributed by atoms with Crippen LogP contribution in [0.2, 0.25) is 0 Å². The number of halogens is 1. The zero-order valence-corrected chi connectivity index (χ0v) is 15.8. The van der Waals surface area contributed by atoms with E-state index in [2.05, 4.69) is 0 Å². The fourth-order valence-corrected chi connectivity index (χ4v) is 7.11. The Morgan fingerprint density at radius 3 is 2.56 bits per heavy atom. The van der Waals surface area contributed by atoms with E-state index >= 15 is 4.39 Å². The molecule has 4 heteroatoms. The van der Waals surface area contributed by atoms with Gasteiger partial charge in [-0.1, -0.05) is 26.3 Å². The molecule has 0 aliphatic heterocycles. The lowest BCUT2D eigenvalue weighted by atomic mass is 9.44. The van der Waals surface area contributed by atoms with Crippen LogP contribution >= 0.6 is 0 Å². The maximum Gasteiger partial charge on any atom is 0.155 e. The molecule has 3 nitrogen and oxygen atoms in total. The van der Waals surface area contributed by atoms with Gasteiger partial charge >= 0.3 is 0 Å². The average molecular weight is 350 g/mol. The van der Waals surface area contributed by atoms with Gasteiger partial charge in [0.2, 0.25) is 0 Å². The van der Waals surface area contributed by atoms with Gasteiger partial charge in [-0.25, -0.2) is 4.39 Å². The summed E-state index contributed by atoms with van der Waals surface area (Å²) >= 11 is 0. The first-order valence-electron chi connectivity index (χ1n) is 9.81. The fraction of sp³-hybridized carbons (Fsp3) is 0.857. The van der Waals surface area contributed by atoms with Crippen LogP contribution in [0.5, 0.6) is 0 Å². The molecule has 4 aliphatic carbocycles. The van der Waals surface area contributed by atoms with Crippen LogP contribution in [0.3, 0.4) is 0 Å². The van der Waals surface area contributed by atoms with Crippen LogP contribution in [-0.4, -0.2) is 33.4 Å². The maximum absolute atomic E-state index is 16.8. The molecule has 8 atom stereocenters. The smallest absolute Gasteiger partial charge is 0.155 e. The molecule has 4 aliphatic rings. The van der Waals surface area contributed by atoms with Gasteiger partial charge in [0, 0.05) is 23.2 Å². The van der Waals surface area contributed by atoms with Crippen LogP contribution in [0.25, 0.3) is 0 Å². The molecule has 0 bridgehead atoms. The van der Waals surface area contributed by atoms with E-state index in [1.807, 2.05) is 27.7 Å². The zero-order valence-electron chi connectivity index (χ0n) is 15.8. The number of allylic oxidation sites excluding steroid dienone is 1. The molecule has 3 saturated carbocycles. The van der Waals surface area contributed by atoms with E-state index in [9.17, 15) is 15.0 Å². The average Bonchev–Trinajstić information content (AvgIpc) is 2.70. The highest BCUT2D eigenvalue weighted by Crippen LogP contribution is 2.70. The molecule has 0 amide bonds. The Morgan fingerprint density at radius 2 is 1.88 bits per heavy atom. The number of hydrogen-bond donors (Lipinski definition) is 2. The highest BCUT2D eigenvalue weighted by atomic mass is 19.1. The Morgan fingerprint density at radius 1 is 1.20 bits per heavy atom. The minimum Gasteiger partial charge on any atom is -0.390 e. The minimum atomic E-state index is -1.71. The quantitative estimate of drug-likeness (QED) is 0.702. The molecule has 0 spiro atoms. The van der Waals surface area contributed by atoms with E-state index in [4.69, 9.17) is 0 Å². The van der Waals surface area contributed by atoms with E-state index in [1.54, 1.807) is 6.08 Å². The van der Waals surface area contributed by atoms with Gasteiger partial charge in [-0.3, -0.25) is 4.79 Å². The third kappa shape index (κ3) is 1.86. The molecule has 0 unspecified atom stereocenters. The first-order chi connectivity index (χ1) is 11.5. The summed E-state index contributed by atoms with van der Waals surface area (Å²) in [5, 5.41) is 22.2. The lowest BCUT2D eigenvalue weighted by Crippen LogP contribution is -2.68. The highest BCUT2D eigenvalue weighted by molar-refractivity contribution is 5.91. The molecule has 2 N–H and O–H groups in total. The topological polar surface area (TPSA) is 57.5 Å². The Labute approximate surface area is 149 Å². The zero-order chi connectivity index (χ0) is 18.4. The molecule has 3 fully saturated rings. The van der Waals surface area contributed by atoms with Crippen molar-refractivity contribution in [3.8, 4) is 0 Å². The van der Waals surface area contributed by atoms with Crippen LogP contribution in [-0.2, 0) is 4.79 Å². The largest absolute Gasteiger partial charge is 0.390 e. The third-order valence-electron chi connectivity index (χ3n) is 9.16. The van der Waals surface area contributed by atoms with Crippen molar-refractivity contribution in [2.24, 2.45) is 28.6 Å². The van der Waals surface area contributed by atoms with Crippen molar-refractivity contribution in [1.82, 2.24) is 0 Å². The van der Waals surface area contributed by atoms with Crippen molar-refractivity contribution in [3.63, 3.8) is 0 Å². The predicted octanol–water partition coefficient (Wildman–Crippen LogP) is 3.58. The number of aliphatic hydroxyl groups is 2. The van der Waals surface area contributed by atoms with Gasteiger partial charge in [0.25, 0.3) is 0 Å². The molecule has 0 aromatic carbocycles. The maximum atomic E-state index is 16.8. The minimum absolute atomic E-state index is 0.0712. The first kappa shape index (κ1) is 17.7. The summed E-state index contributed by atoms with van der Waals surface area (Å²) in [4.78, 5) is 11.9. The van der Waals surface area contributed by atoms with Crippen LogP contribution < -0.4 is 0 Å². The van der Waals surface area contributed by atoms with E-state index in [0.717, 1.165) is 18.4 Å². The van der Waals surface area contributed by atoms with E-state index in [1.165, 1.54) is 0 Å². The number of aliphatic hydroxyl groups excluding tert-OH is 1. The van der Waals surface area contributed by atoms with Crippen molar-refractivity contribution in [2.75, 3.05) is 0 Å². The van der Waals surface area contributed by atoms with Crippen LogP contribution in [0.4, 0.5) is 4.39 Å². The van der Waals surface area contributed by atoms with Crippen LogP contribution in [0.1, 0.15) is 66.2 Å². The second kappa shape index (κ2) is 4.95. The lowest BCUT2D eigenvalue weighted by Gasteiger charge is -2.63. The van der Waals surface area contributed by atoms with Gasteiger partial charge in [-0.15, -0.1) is 0 Å². The van der Waals surface area contributed by atoms with E-state index in [0.29, 0.717) is 25.7 Å². The fourth-order valence-electron chi connectivity index (χ4n) is 7.11. The van der Waals surface area contributed by atoms with Crippen molar-refractivity contribution < 1.29 is 19.4 Å². The highest BCUT2D eigenvalue weighted by Gasteiger charge is 2.73. The third-order valence-corrected chi connectivity index (χ3v) is 9.16. The van der Waals surface area contributed by atoms with Gasteiger partial charge in [0.15, 0.2) is 5.78 Å². The van der Waals surface area contributed by atoms with Crippen LogP contribution in [0.15, 0.2) is 11.6 Å². The number of carbonyl (C=O) groups is 1. The summed E-state index contributed by atoms with van der Waals surface area (Å²) in [6.45, 7) is 7.87. The monoisotopic (exact) mass is 350 g/mol. The number of carbonyl (C=O) groups excluding carboxylic acids is 1. The normalized spacial score (nSPS) is 58.2. The van der Waals surface area contributed by atoms with Crippen molar-refractivity contribution in [2.45, 2.75) is 83.6 Å². The van der Waals surface area contributed by atoms with Gasteiger partial charge in [0.05, 0.1) is 11.7 Å². The molecule has 0 aromatic heterocycles. The van der Waals surface area contributed by atoms with Crippen LogP contribution in [0, 0.1) is 28.6 Å². The molecule has 0 heterocycles. The predicted molar refractivity (Wildman–Crippen MR) is 93.6 cm³/mol. The second-order valence-corrected chi connectivity index (χ2v) is 9.91. The summed E-state index contributed by atoms with van der Waals surface area (Å²) < 4.78 is 16.8. The van der Waals surface area contributed by atoms with Gasteiger partial charge in [-0.05, 0) is 56.9 Å². The number of hydrogen-bond acceptors (Lipinski definition) is 3. The van der Waals surface area contributed by atoms with Crippen molar-refractivity contribution >= 4 is 5.78 Å². The summed E-state index contributed by atoms with van der Waals surface area (Å²) in [7, 11) is 0. The molecule has 25 heavy (non-hydrogen) atoms. The second-order valence-electron chi connectivity index (χ2n) is 9.91. The molecule has 0 radical (unpaired) electrons. The Kier molecular flexibility index (Phi) is 3.50. The molecule has 0 aromatic rings. The standard InChI is InChI=1S/C21H31FO3/c1-12-9-16-15-6-5-13-10-14(23)7-8-18(13,2)21(15,22)17(24)11-19(16,3)20(12,4)25/h10,12,15-17,24-25H,5-9,11H2,1-4H3/t12-,15+,16+,17-,18+,19+,20+,21+/m1/s1. The van der Waals surface area contributed by atoms with Gasteiger partial charge in [-0.2, -0.15) is 0 Å². The molecule has 0 saturated heterocycles. The van der Waals surface area contributed by atoms with E-state index in [-0.39, 0.29) is 23.5 Å². The first-order valence-corrected chi connectivity index (χ1v) is 9.81. The number of fused-ring (bicyclic) bond motifs is 5. The van der Waals surface area contributed by atoms with Crippen molar-refractivity contribution in [3.05, 3.63) is 11.6 Å². The number of ketones is 1. The van der Waals surface area contributed by atoms with Gasteiger partial charge in [0.1, 0.15) is 5.67 Å². The van der Waals surface area contributed by atoms with E-state index < -0.39 is 28.2 Å². The SMILES string of the molecule is C[C@@H]1C[C@H]2[C@@H]3CCC4=CC(=O)CC[C@]4(C)[C@@]3(F)[C@H](O)C[C@]2(C)[C@@]1(C)O. The molecule has 4 rings (SSSR count). The Balaban J connectivity index is 1.83. The van der Waals surface area contributed by atoms with Gasteiger partial charge < -0.3 is 10.2 Å². The number of rotatable bonds is 0. The summed E-state index contributed by atoms with van der Waals surface area (Å²) in [6.07, 6.45) is 3.88. The molecular formula is C21H31FO3. The molecule has 140 valence electrons. The Bertz CT molecular complexity index is 656. The Hall–Kier alpha value is -0.740. The summed E-state index contributed by atoms with van der Waals surface area (Å²) in [5.41, 5.74) is -2.93. The summed E-state index contributed by atoms with van der Waals surface area (Å²) in [5.74, 6) is -0.00765. The summed E-state index contributed by atoms with van der Waals surface area (Å²) in [6, 6.07) is 0. The molecular weight excluding hydrogens is 319 g/mol. The number of alkyl halides is 1. The lowest BCUT2D eigenvalue weighted by molar-refractivity contribution is -0.227. The van der Waals surface area contributed by atoms with Crippen molar-refractivity contribution in [1.29, 1.82) is 0 Å².